The molecule has 0 radical (unpaired) electrons. The van der Waals surface area contributed by atoms with E-state index >= 15 is 0 Å². The van der Waals surface area contributed by atoms with Gasteiger partial charge in [-0.3, -0.25) is 19.2 Å². The SMILES string of the molecule is O=C(CCCCCC(=O)Nc1ccccc1O)N/N=C/c1ccc(CN2C[C@H](c3ccccc3)OC(=O)CC/C=C/CCC2=O)cc1. The number of allylic oxidation sites excluding steroid dienone is 2. The van der Waals surface area contributed by atoms with Crippen molar-refractivity contribution < 1.29 is 29.0 Å². The summed E-state index contributed by atoms with van der Waals surface area (Å²) >= 11 is 0. The van der Waals surface area contributed by atoms with Gasteiger partial charge < -0.3 is 20.1 Å². The van der Waals surface area contributed by atoms with Crippen LogP contribution in [0.2, 0.25) is 0 Å². The van der Waals surface area contributed by atoms with Crippen molar-refractivity contribution in [2.75, 3.05) is 11.9 Å². The van der Waals surface area contributed by atoms with Crippen molar-refractivity contribution in [1.82, 2.24) is 10.3 Å². The van der Waals surface area contributed by atoms with Crippen molar-refractivity contribution in [1.29, 1.82) is 0 Å². The fourth-order valence-corrected chi connectivity index (χ4v) is 5.06. The summed E-state index contributed by atoms with van der Waals surface area (Å²) in [6, 6.07) is 23.6. The molecule has 3 aromatic rings. The van der Waals surface area contributed by atoms with Gasteiger partial charge in [0.15, 0.2) is 0 Å². The number of phenolic OH excluding ortho intramolecular Hbond substituents is 1. The van der Waals surface area contributed by atoms with Crippen molar-refractivity contribution in [3.8, 4) is 5.75 Å². The molecular weight excluding hydrogens is 596 g/mol. The van der Waals surface area contributed by atoms with E-state index in [1.807, 2.05) is 66.7 Å². The zero-order valence-corrected chi connectivity index (χ0v) is 26.5. The van der Waals surface area contributed by atoms with E-state index in [4.69, 9.17) is 4.74 Å². The Morgan fingerprint density at radius 3 is 2.28 bits per heavy atom. The highest BCUT2D eigenvalue weighted by Gasteiger charge is 2.24. The second kappa shape index (κ2) is 18.7. The lowest BCUT2D eigenvalue weighted by molar-refractivity contribution is -0.152. The summed E-state index contributed by atoms with van der Waals surface area (Å²) in [6.45, 7) is 0.604. The van der Waals surface area contributed by atoms with Gasteiger partial charge >= 0.3 is 5.97 Å². The minimum atomic E-state index is -0.569. The number of phenols is 1. The highest BCUT2D eigenvalue weighted by atomic mass is 16.5. The molecule has 3 aromatic carbocycles. The molecule has 1 heterocycles. The largest absolute Gasteiger partial charge is 0.506 e. The molecule has 47 heavy (non-hydrogen) atoms. The molecule has 0 saturated heterocycles. The number of hydrazone groups is 1. The number of benzene rings is 3. The van der Waals surface area contributed by atoms with Crippen molar-refractivity contribution in [3.05, 3.63) is 108 Å². The van der Waals surface area contributed by atoms with E-state index < -0.39 is 6.10 Å². The number of amides is 3. The smallest absolute Gasteiger partial charge is 0.306 e. The molecule has 0 fully saturated rings. The Morgan fingerprint density at radius 2 is 1.53 bits per heavy atom. The number of cyclic esters (lactones) is 1. The summed E-state index contributed by atoms with van der Waals surface area (Å²) in [4.78, 5) is 51.8. The summed E-state index contributed by atoms with van der Waals surface area (Å²) in [7, 11) is 0. The van der Waals surface area contributed by atoms with E-state index in [1.54, 1.807) is 29.3 Å². The van der Waals surface area contributed by atoms with Crippen LogP contribution in [0.4, 0.5) is 5.69 Å². The molecule has 0 unspecified atom stereocenters. The van der Waals surface area contributed by atoms with Gasteiger partial charge in [0.25, 0.3) is 0 Å². The summed E-state index contributed by atoms with van der Waals surface area (Å²) in [5.74, 6) is -0.685. The van der Waals surface area contributed by atoms with Crippen LogP contribution in [0.3, 0.4) is 0 Å². The maximum Gasteiger partial charge on any atom is 0.306 e. The van der Waals surface area contributed by atoms with E-state index in [-0.39, 0.29) is 42.4 Å². The first-order chi connectivity index (χ1) is 22.9. The number of unbranched alkanes of at least 4 members (excludes halogenated alkanes) is 2. The molecule has 0 bridgehead atoms. The fourth-order valence-electron chi connectivity index (χ4n) is 5.06. The average molecular weight is 639 g/mol. The van der Waals surface area contributed by atoms with Gasteiger partial charge in [-0.05, 0) is 54.5 Å². The minimum Gasteiger partial charge on any atom is -0.506 e. The Hall–Kier alpha value is -5.25. The number of aromatic hydroxyl groups is 1. The van der Waals surface area contributed by atoms with E-state index in [0.717, 1.165) is 16.7 Å². The quantitative estimate of drug-likeness (QED) is 0.0542. The molecule has 0 aliphatic carbocycles. The van der Waals surface area contributed by atoms with Gasteiger partial charge in [0.05, 0.1) is 18.4 Å². The van der Waals surface area contributed by atoms with Crippen LogP contribution in [-0.4, -0.2) is 46.5 Å². The lowest BCUT2D eigenvalue weighted by Gasteiger charge is -2.28. The van der Waals surface area contributed by atoms with Crippen molar-refractivity contribution in [2.24, 2.45) is 5.10 Å². The topological polar surface area (TPSA) is 137 Å². The molecule has 246 valence electrons. The first kappa shape index (κ1) is 34.6. The Morgan fingerprint density at radius 1 is 0.851 bits per heavy atom. The van der Waals surface area contributed by atoms with Gasteiger partial charge in [-0.25, -0.2) is 5.43 Å². The predicted molar refractivity (Wildman–Crippen MR) is 180 cm³/mol. The van der Waals surface area contributed by atoms with Crippen LogP contribution < -0.4 is 10.7 Å². The molecule has 3 amide bonds. The third kappa shape index (κ3) is 12.2. The molecule has 10 nitrogen and oxygen atoms in total. The number of ether oxygens (including phenoxy) is 1. The molecule has 0 saturated carbocycles. The van der Waals surface area contributed by atoms with Gasteiger partial charge in [-0.15, -0.1) is 0 Å². The lowest BCUT2D eigenvalue weighted by atomic mass is 10.1. The standard InChI is InChI=1S/C37H42N4O6/c42-32-16-12-11-15-31(32)39-34(43)17-7-4-8-18-35(44)40-38-25-28-21-23-29(24-22-28)26-41-27-33(30-13-5-3-6-14-30)47-37(46)20-10-2-1-9-19-36(41)45/h1-3,5-6,11-16,21-25,33,42H,4,7-10,17-20,26-27H2,(H,39,43)(H,40,44)/b2-1+,38-25+/t33-/m1/s1. The van der Waals surface area contributed by atoms with Crippen LogP contribution in [0.1, 0.15) is 80.6 Å². The fraction of sp³-hybridized carbons (Fsp3) is 0.324. The first-order valence-electron chi connectivity index (χ1n) is 16.0. The molecule has 3 N–H and O–H groups in total. The molecular formula is C37H42N4O6. The number of hydrogen-bond acceptors (Lipinski definition) is 7. The van der Waals surface area contributed by atoms with Crippen LogP contribution in [0.15, 0.2) is 96.1 Å². The first-order valence-corrected chi connectivity index (χ1v) is 16.0. The van der Waals surface area contributed by atoms with Crippen molar-refractivity contribution in [3.63, 3.8) is 0 Å². The van der Waals surface area contributed by atoms with Crippen molar-refractivity contribution in [2.45, 2.75) is 70.4 Å². The normalized spacial score (nSPS) is 16.5. The summed E-state index contributed by atoms with van der Waals surface area (Å²) in [5, 5.41) is 16.5. The van der Waals surface area contributed by atoms with E-state index in [2.05, 4.69) is 15.8 Å². The zero-order valence-electron chi connectivity index (χ0n) is 26.5. The predicted octanol–water partition coefficient (Wildman–Crippen LogP) is 6.17. The Bertz CT molecular complexity index is 1540. The number of anilines is 1. The van der Waals surface area contributed by atoms with Crippen LogP contribution in [0.5, 0.6) is 5.75 Å². The maximum atomic E-state index is 13.2. The second-order valence-electron chi connectivity index (χ2n) is 11.4. The third-order valence-electron chi connectivity index (χ3n) is 7.63. The number of rotatable bonds is 12. The minimum absolute atomic E-state index is 0.0173. The molecule has 0 aromatic heterocycles. The third-order valence-corrected chi connectivity index (χ3v) is 7.63. The van der Waals surface area contributed by atoms with Crippen molar-refractivity contribution >= 4 is 35.6 Å². The van der Waals surface area contributed by atoms with Gasteiger partial charge in [-0.1, -0.05) is 85.3 Å². The maximum absolute atomic E-state index is 13.2. The Kier molecular flexibility index (Phi) is 13.7. The van der Waals surface area contributed by atoms with E-state index in [9.17, 15) is 24.3 Å². The van der Waals surface area contributed by atoms with Gasteiger partial charge in [-0.2, -0.15) is 5.10 Å². The zero-order chi connectivity index (χ0) is 33.3. The highest BCUT2D eigenvalue weighted by molar-refractivity contribution is 5.92. The van der Waals surface area contributed by atoms with Gasteiger partial charge in [0, 0.05) is 32.2 Å². The summed E-state index contributed by atoms with van der Waals surface area (Å²) in [5.41, 5.74) is 5.45. The van der Waals surface area contributed by atoms with Crippen LogP contribution in [0.25, 0.3) is 0 Å². The number of nitrogens with one attached hydrogen (secondary N) is 2. The molecule has 4 rings (SSSR count). The summed E-state index contributed by atoms with van der Waals surface area (Å²) < 4.78 is 5.84. The van der Waals surface area contributed by atoms with Crippen LogP contribution in [0, 0.1) is 0 Å². The molecule has 1 atom stereocenters. The molecule has 1 aliphatic rings. The number of nitrogens with zero attached hydrogens (tertiary/aromatic N) is 2. The van der Waals surface area contributed by atoms with Crippen LogP contribution >= 0.6 is 0 Å². The molecule has 0 spiro atoms. The average Bonchev–Trinajstić information content (AvgIpc) is 3.07. The van der Waals surface area contributed by atoms with Gasteiger partial charge in [0.2, 0.25) is 17.7 Å². The number of esters is 1. The lowest BCUT2D eigenvalue weighted by Crippen LogP contribution is -2.35. The monoisotopic (exact) mass is 638 g/mol. The van der Waals surface area contributed by atoms with E-state index in [1.165, 1.54) is 6.07 Å². The number of carbonyl (C=O) groups is 4. The molecule has 10 heteroatoms. The number of hydrogen-bond donors (Lipinski definition) is 3. The Labute approximate surface area is 275 Å². The van der Waals surface area contributed by atoms with E-state index in [0.29, 0.717) is 63.6 Å². The number of carbonyl (C=O) groups excluding carboxylic acids is 4. The highest BCUT2D eigenvalue weighted by Crippen LogP contribution is 2.23. The summed E-state index contributed by atoms with van der Waals surface area (Å²) in [6.07, 6.45) is 9.25. The van der Waals surface area contributed by atoms with Gasteiger partial charge in [0.1, 0.15) is 11.9 Å². The second-order valence-corrected chi connectivity index (χ2v) is 11.4. The number of para-hydroxylation sites is 2. The Balaban J connectivity index is 1.23. The van der Waals surface area contributed by atoms with Crippen LogP contribution in [-0.2, 0) is 30.5 Å². The molecule has 1 aliphatic heterocycles.